The third-order valence-corrected chi connectivity index (χ3v) is 12.4. The summed E-state index contributed by atoms with van der Waals surface area (Å²) in [6.07, 6.45) is 2.67. The van der Waals surface area contributed by atoms with Gasteiger partial charge in [-0.3, -0.25) is 0 Å². The molecule has 1 aromatic heterocycles. The summed E-state index contributed by atoms with van der Waals surface area (Å²) >= 11 is 5.08. The number of halogens is 5. The minimum absolute atomic E-state index is 0.0643. The van der Waals surface area contributed by atoms with E-state index in [1.165, 1.54) is 24.4 Å². The van der Waals surface area contributed by atoms with Gasteiger partial charge in [-0.2, -0.15) is 13.2 Å². The topological polar surface area (TPSA) is 69.7 Å². The van der Waals surface area contributed by atoms with Gasteiger partial charge in [0, 0.05) is 0 Å². The second-order valence-electron chi connectivity index (χ2n) is 8.43. The number of hydrogen-bond donors (Lipinski definition) is 1. The number of alkyl halides is 5. The van der Waals surface area contributed by atoms with Crippen molar-refractivity contribution in [2.24, 2.45) is 0 Å². The Morgan fingerprint density at radius 1 is 1.22 bits per heavy atom. The summed E-state index contributed by atoms with van der Waals surface area (Å²) in [5.74, 6) is 1.60. The molecule has 3 heterocycles. The normalized spacial score (nSPS) is 20.9. The van der Waals surface area contributed by atoms with Crippen LogP contribution in [0.1, 0.15) is 11.1 Å². The van der Waals surface area contributed by atoms with Crippen LogP contribution in [-0.2, 0) is 26.9 Å². The van der Waals surface area contributed by atoms with Crippen molar-refractivity contribution in [2.75, 3.05) is 24.0 Å². The van der Waals surface area contributed by atoms with E-state index in [1.807, 2.05) is 12.2 Å². The first-order valence-electron chi connectivity index (χ1n) is 11.0. The number of benzene rings is 1. The van der Waals surface area contributed by atoms with Gasteiger partial charge in [0.2, 0.25) is 0 Å². The maximum atomic E-state index is 12.9. The van der Waals surface area contributed by atoms with Gasteiger partial charge in [0.15, 0.2) is 0 Å². The summed E-state index contributed by atoms with van der Waals surface area (Å²) in [7, 11) is 3.20. The molecule has 1 aliphatic carbocycles. The van der Waals surface area contributed by atoms with Crippen molar-refractivity contribution in [1.82, 2.24) is 4.98 Å². The Kier molecular flexibility index (Phi) is 6.73. The van der Waals surface area contributed by atoms with Crippen molar-refractivity contribution in [3.05, 3.63) is 97.8 Å². The van der Waals surface area contributed by atoms with E-state index in [2.05, 4.69) is 20.5 Å². The van der Waals surface area contributed by atoms with Crippen molar-refractivity contribution in [3.8, 4) is 5.88 Å². The third-order valence-electron chi connectivity index (χ3n) is 6.01. The van der Waals surface area contributed by atoms with Crippen LogP contribution in [0.5, 0.6) is 5.88 Å². The second-order valence-corrected chi connectivity index (χ2v) is 14.5. The van der Waals surface area contributed by atoms with Gasteiger partial charge in [0.25, 0.3) is 0 Å². The second kappa shape index (κ2) is 9.71. The molecule has 2 aromatic rings. The standard InChI is InChI=1S/C26H21ClF3IN2O4/c1-35-21-11-18-20(6-7-31-14-25(18,31)12-22(21)36-2)37-24-19(27)10-17(13-32-24)33-23(34)9-15-4-3-5-16(8-15)26(28,29)30/h3-8,10-13H,9,14H2,1-2H3,(H,33,34). The van der Waals surface area contributed by atoms with Crippen LogP contribution >= 0.6 is 31.4 Å². The fourth-order valence-corrected chi connectivity index (χ4v) is 10.7. The monoisotopic (exact) mass is 644 g/mol. The number of allylic oxidation sites excluding steroid dienone is 4. The fourth-order valence-electron chi connectivity index (χ4n) is 4.16. The summed E-state index contributed by atoms with van der Waals surface area (Å²) in [4.78, 5) is 16.7. The molecule has 194 valence electrons. The van der Waals surface area contributed by atoms with Crippen LogP contribution < -0.4 is 10.1 Å². The first-order valence-corrected chi connectivity index (χ1v) is 15.3. The van der Waals surface area contributed by atoms with Gasteiger partial charge < -0.3 is 0 Å². The fraction of sp³-hybridized carbons (Fsp3) is 0.231. The summed E-state index contributed by atoms with van der Waals surface area (Å²) in [6, 6.07) is 6.13. The molecule has 2 aliphatic heterocycles. The molecule has 1 fully saturated rings. The van der Waals surface area contributed by atoms with E-state index in [4.69, 9.17) is 25.8 Å². The van der Waals surface area contributed by atoms with Crippen LogP contribution in [0.15, 0.2) is 81.7 Å². The Hall–Kier alpha value is -2.99. The number of nitrogens with one attached hydrogen (secondary N) is 1. The molecule has 37 heavy (non-hydrogen) atoms. The summed E-state index contributed by atoms with van der Waals surface area (Å²) in [6.45, 7) is 0. The van der Waals surface area contributed by atoms with Crippen LogP contribution in [0.25, 0.3) is 0 Å². The van der Waals surface area contributed by atoms with Crippen molar-refractivity contribution < 1.29 is 32.2 Å². The predicted octanol–water partition coefficient (Wildman–Crippen LogP) is 6.43. The van der Waals surface area contributed by atoms with Gasteiger partial charge in [-0.05, 0) is 6.07 Å². The van der Waals surface area contributed by atoms with E-state index < -0.39 is 37.5 Å². The number of carbonyl (C=O) groups is 1. The number of nitrogens with zero attached hydrogens (tertiary/aromatic N) is 1. The van der Waals surface area contributed by atoms with Crippen molar-refractivity contribution in [1.29, 1.82) is 0 Å². The van der Waals surface area contributed by atoms with Crippen LogP contribution in [-0.4, -0.2) is 33.0 Å². The van der Waals surface area contributed by atoms with Crippen LogP contribution in [0.3, 0.4) is 0 Å². The number of anilines is 1. The molecule has 0 radical (unpaired) electrons. The molecule has 1 spiro atoms. The molecule has 11 heteroatoms. The molecule has 0 saturated carbocycles. The average Bonchev–Trinajstić information content (AvgIpc) is 3.57. The van der Waals surface area contributed by atoms with Crippen LogP contribution in [0.4, 0.5) is 18.9 Å². The first-order chi connectivity index (χ1) is 17.6. The first kappa shape index (κ1) is 25.7. The van der Waals surface area contributed by atoms with E-state index in [1.54, 1.807) is 14.2 Å². The van der Waals surface area contributed by atoms with E-state index in [9.17, 15) is 18.0 Å². The maximum absolute atomic E-state index is 12.9. The molecule has 6 nitrogen and oxygen atoms in total. The van der Waals surface area contributed by atoms with Gasteiger partial charge in [0.05, 0.1) is 5.56 Å². The quantitative estimate of drug-likeness (QED) is 0.278. The number of carbonyl (C=O) groups excluding carboxylic acids is 1. The van der Waals surface area contributed by atoms with Gasteiger partial charge in [-0.1, -0.05) is 18.2 Å². The molecular weight excluding hydrogens is 624 g/mol. The molecule has 3 aliphatic rings. The summed E-state index contributed by atoms with van der Waals surface area (Å²) < 4.78 is 59.1. The number of amides is 1. The number of aromatic nitrogens is 1. The van der Waals surface area contributed by atoms with Gasteiger partial charge in [0.1, 0.15) is 0 Å². The Morgan fingerprint density at radius 2 is 2.00 bits per heavy atom. The molecule has 1 aromatic carbocycles. The van der Waals surface area contributed by atoms with Gasteiger partial charge in [-0.15, -0.1) is 0 Å². The van der Waals surface area contributed by atoms with E-state index in [0.29, 0.717) is 23.0 Å². The van der Waals surface area contributed by atoms with E-state index in [-0.39, 0.29) is 26.3 Å². The van der Waals surface area contributed by atoms with E-state index in [0.717, 1.165) is 22.1 Å². The molecule has 1 atom stereocenters. The van der Waals surface area contributed by atoms with Crippen molar-refractivity contribution in [3.63, 3.8) is 0 Å². The van der Waals surface area contributed by atoms with Crippen LogP contribution in [0.2, 0.25) is 5.02 Å². The van der Waals surface area contributed by atoms with Crippen molar-refractivity contribution in [2.45, 2.75) is 16.0 Å². The Balaban J connectivity index is 1.31. The van der Waals surface area contributed by atoms with Crippen molar-refractivity contribution >= 4 is 43.0 Å². The molecular formula is C26H21ClF3IN2O4. The number of ether oxygens (including phenoxy) is 3. The SMILES string of the molecule is COC1=CC2=C(Oc3ncc(NC(=O)Cc4cccc(C(F)(F)F)c4)cc3Cl)C=CI3CC23C=C1OC. The molecule has 1 saturated heterocycles. The third kappa shape index (κ3) is 5.08. The molecule has 0 bridgehead atoms. The average molecular weight is 645 g/mol. The zero-order valence-electron chi connectivity index (χ0n) is 19.7. The van der Waals surface area contributed by atoms with Crippen LogP contribution in [0, 0.1) is 0 Å². The minimum atomic E-state index is -4.48. The Morgan fingerprint density at radius 3 is 2.70 bits per heavy atom. The van der Waals surface area contributed by atoms with Gasteiger partial charge in [-0.25, -0.2) is 0 Å². The Labute approximate surface area is 223 Å². The van der Waals surface area contributed by atoms with Gasteiger partial charge >= 0.3 is 181 Å². The number of hydrogen-bond acceptors (Lipinski definition) is 5. The number of pyridine rings is 1. The molecule has 1 unspecified atom stereocenters. The summed E-state index contributed by atoms with van der Waals surface area (Å²) in [5.41, 5.74) is 0.735. The predicted molar refractivity (Wildman–Crippen MR) is 142 cm³/mol. The zero-order valence-corrected chi connectivity index (χ0v) is 22.6. The zero-order chi connectivity index (χ0) is 26.4. The summed E-state index contributed by atoms with van der Waals surface area (Å²) in [5, 5.41) is 2.78. The number of rotatable bonds is 7. The molecule has 1 N–H and O–H groups in total. The molecule has 5 rings (SSSR count). The molecule has 1 amide bonds. The van der Waals surface area contributed by atoms with E-state index >= 15 is 0 Å². The number of methoxy groups -OCH3 is 2. The Bertz CT molecular complexity index is 1400.